The van der Waals surface area contributed by atoms with Gasteiger partial charge in [0.15, 0.2) is 0 Å². The lowest BCUT2D eigenvalue weighted by molar-refractivity contribution is -0.668. The second-order valence-corrected chi connectivity index (χ2v) is 15.7. The summed E-state index contributed by atoms with van der Waals surface area (Å²) in [5.41, 5.74) is 1.37. The minimum Gasteiger partial charge on any atom is -0.393 e. The number of hydrogen-bond acceptors (Lipinski definition) is 10. The molecule has 1 fully saturated rings. The quantitative estimate of drug-likeness (QED) is 0.0626. The Hall–Kier alpha value is -1.79. The molecule has 1 atom stereocenters. The van der Waals surface area contributed by atoms with Crippen LogP contribution in [0.2, 0.25) is 12.1 Å². The maximum atomic E-state index is 11.4. The summed E-state index contributed by atoms with van der Waals surface area (Å²) in [7, 11) is -0.0544. The third kappa shape index (κ3) is 18.2. The van der Waals surface area contributed by atoms with Crippen molar-refractivity contribution in [2.75, 3.05) is 60.8 Å². The Morgan fingerprint density at radius 2 is 1.45 bits per heavy atom. The van der Waals surface area contributed by atoms with E-state index in [1.165, 1.54) is 5.56 Å². The largest absolute Gasteiger partial charge is 0.500 e. The van der Waals surface area contributed by atoms with Crippen molar-refractivity contribution in [3.05, 3.63) is 48.6 Å². The average molecular weight is 660 g/mol. The first-order valence-electron chi connectivity index (χ1n) is 15.7. The first-order valence-corrected chi connectivity index (χ1v) is 19.6. The van der Waals surface area contributed by atoms with Gasteiger partial charge in [-0.2, -0.15) is 0 Å². The molecule has 1 aromatic rings. The monoisotopic (exact) mass is 659 g/mol. The number of benzene rings is 1. The van der Waals surface area contributed by atoms with Crippen LogP contribution in [0.3, 0.4) is 0 Å². The van der Waals surface area contributed by atoms with E-state index in [1.54, 1.807) is 27.4 Å². The molecule has 0 aliphatic carbocycles. The van der Waals surface area contributed by atoms with E-state index in [2.05, 4.69) is 52.3 Å². The molecule has 1 saturated heterocycles. The van der Waals surface area contributed by atoms with Gasteiger partial charge in [-0.1, -0.05) is 36.4 Å². The molecule has 254 valence electrons. The fourth-order valence-electron chi connectivity index (χ4n) is 4.51. The topological polar surface area (TPSA) is 127 Å². The summed E-state index contributed by atoms with van der Waals surface area (Å²) in [6.45, 7) is 16.7. The van der Waals surface area contributed by atoms with Gasteiger partial charge in [0.1, 0.15) is 6.54 Å². The third-order valence-electron chi connectivity index (χ3n) is 6.61. The van der Waals surface area contributed by atoms with Gasteiger partial charge in [-0.05, 0) is 53.5 Å². The van der Waals surface area contributed by atoms with Gasteiger partial charge in [0.05, 0.1) is 18.9 Å². The zero-order valence-corrected chi connectivity index (χ0v) is 30.2. The molecule has 1 unspecified atom stereocenters. The maximum Gasteiger partial charge on any atom is 0.500 e. The van der Waals surface area contributed by atoms with Crippen LogP contribution in [-0.4, -0.2) is 90.3 Å². The van der Waals surface area contributed by atoms with Crippen LogP contribution >= 0.6 is 0 Å². The van der Waals surface area contributed by atoms with Crippen LogP contribution < -0.4 is 10.6 Å². The Morgan fingerprint density at radius 1 is 0.909 bits per heavy atom. The minimum atomic E-state index is -2.64. The summed E-state index contributed by atoms with van der Waals surface area (Å²) in [6.07, 6.45) is 4.26. The van der Waals surface area contributed by atoms with Crippen LogP contribution in [0.5, 0.6) is 0 Å². The predicted molar refractivity (Wildman–Crippen MR) is 176 cm³/mol. The van der Waals surface area contributed by atoms with E-state index in [1.807, 2.05) is 27.7 Å². The third-order valence-corrected chi connectivity index (χ3v) is 12.6. The minimum absolute atomic E-state index is 0.186. The normalized spacial score (nSPS) is 14.8. The molecule has 0 bridgehead atoms. The van der Waals surface area contributed by atoms with Gasteiger partial charge in [-0.15, -0.1) is 6.58 Å². The van der Waals surface area contributed by atoms with Gasteiger partial charge in [-0.3, -0.25) is 9.59 Å². The van der Waals surface area contributed by atoms with Crippen molar-refractivity contribution in [1.82, 2.24) is 5.32 Å². The van der Waals surface area contributed by atoms with E-state index in [0.29, 0.717) is 32.3 Å². The number of nitrogens with two attached hydrogens (primary N) is 1. The summed E-state index contributed by atoms with van der Waals surface area (Å²) in [6, 6.07) is 12.0. The van der Waals surface area contributed by atoms with Crippen molar-refractivity contribution in [2.45, 2.75) is 72.0 Å². The van der Waals surface area contributed by atoms with Crippen LogP contribution in [0.25, 0.3) is 0 Å². The van der Waals surface area contributed by atoms with Crippen molar-refractivity contribution >= 4 is 29.5 Å². The van der Waals surface area contributed by atoms with Crippen LogP contribution in [0.4, 0.5) is 0 Å². The molecule has 1 aliphatic heterocycles. The highest BCUT2D eigenvalue weighted by Gasteiger charge is 2.41. The summed E-state index contributed by atoms with van der Waals surface area (Å²) < 4.78 is 37.9. The highest BCUT2D eigenvalue weighted by Crippen LogP contribution is 2.26. The molecule has 2 rings (SSSR count). The summed E-state index contributed by atoms with van der Waals surface area (Å²) >= 11 is 0. The van der Waals surface area contributed by atoms with Crippen LogP contribution in [0, 0.1) is 5.92 Å². The number of carbonyl (C=O) groups excluding carboxylic acids is 2. The molecule has 0 saturated carbocycles. The van der Waals surface area contributed by atoms with Crippen molar-refractivity contribution < 1.29 is 46.2 Å². The number of ether oxygens (including phenoxy) is 1. The molecule has 0 amide bonds. The number of allylic oxidation sites excluding steroid dienone is 1. The standard InChI is InChI=1S/C15H28N2O3Si.C13H24O6Si.C3H6/c1-18-21(19-2,20-3)13-7-10-16-11-12-17-14-15-8-5-4-6-9-15;1-4-16-20(17-5-2,18-6-3)9-7-8-11-10-12(14)19-13(11)15;1-3-2/h4-6,8-9,16-17H,7,10-14H2,1-3H3;11H,4-10H2,1-3H3;3H,1H2,2H3/p+1. The van der Waals surface area contributed by atoms with Gasteiger partial charge in [0.25, 0.3) is 0 Å². The molecule has 11 nitrogen and oxygen atoms in total. The molecule has 0 aromatic heterocycles. The van der Waals surface area contributed by atoms with Crippen molar-refractivity contribution in [1.29, 1.82) is 0 Å². The van der Waals surface area contributed by atoms with Gasteiger partial charge in [-0.25, -0.2) is 0 Å². The summed E-state index contributed by atoms with van der Waals surface area (Å²) in [5.74, 6) is -1.16. The maximum absolute atomic E-state index is 11.4. The summed E-state index contributed by atoms with van der Waals surface area (Å²) in [5, 5.41) is 5.76. The lowest BCUT2D eigenvalue weighted by Gasteiger charge is -2.28. The zero-order valence-electron chi connectivity index (χ0n) is 28.2. The van der Waals surface area contributed by atoms with Crippen LogP contribution in [-0.2, 0) is 47.4 Å². The lowest BCUT2D eigenvalue weighted by Crippen LogP contribution is -2.84. The van der Waals surface area contributed by atoms with Crippen molar-refractivity contribution in [3.63, 3.8) is 0 Å². The fourth-order valence-corrected chi connectivity index (χ4v) is 8.87. The Balaban J connectivity index is 0.000000772. The Morgan fingerprint density at radius 3 is 1.93 bits per heavy atom. The van der Waals surface area contributed by atoms with Crippen LogP contribution in [0.15, 0.2) is 43.0 Å². The van der Waals surface area contributed by atoms with E-state index < -0.39 is 29.5 Å². The molecule has 44 heavy (non-hydrogen) atoms. The van der Waals surface area contributed by atoms with Crippen LogP contribution in [0.1, 0.15) is 58.9 Å². The number of cyclic esters (lactones) is 2. The number of esters is 2. The second-order valence-electron chi connectivity index (χ2n) is 9.89. The molecule has 3 N–H and O–H groups in total. The Labute approximate surface area is 268 Å². The van der Waals surface area contributed by atoms with E-state index >= 15 is 0 Å². The van der Waals surface area contributed by atoms with Crippen molar-refractivity contribution in [3.8, 4) is 0 Å². The number of carbonyl (C=O) groups is 2. The molecular formula is C31H59N2O9Si2+. The molecule has 1 aromatic carbocycles. The Bertz CT molecular complexity index is 852. The molecular weight excluding hydrogens is 601 g/mol. The SMILES string of the molecule is C=CC.CCO[Si](CCCC1CC(=O)OC1=O)(OCC)OCC.CO[Si](CCCNCC[NH2+]Cc1ccccc1)(OC)OC. The van der Waals surface area contributed by atoms with E-state index in [0.717, 1.165) is 45.1 Å². The van der Waals surface area contributed by atoms with Gasteiger partial charge < -0.3 is 41.9 Å². The van der Waals surface area contributed by atoms with Gasteiger partial charge in [0.2, 0.25) is 0 Å². The van der Waals surface area contributed by atoms with Gasteiger partial charge >= 0.3 is 29.5 Å². The smallest absolute Gasteiger partial charge is 0.393 e. The number of nitrogens with one attached hydrogen (secondary N) is 1. The highest BCUT2D eigenvalue weighted by atomic mass is 28.4. The predicted octanol–water partition coefficient (Wildman–Crippen LogP) is 3.70. The van der Waals surface area contributed by atoms with Gasteiger partial charge in [0, 0.05) is 65.3 Å². The molecule has 0 radical (unpaired) electrons. The highest BCUT2D eigenvalue weighted by molar-refractivity contribution is 6.61. The van der Waals surface area contributed by atoms with E-state index in [9.17, 15) is 9.59 Å². The summed E-state index contributed by atoms with van der Waals surface area (Å²) in [4.78, 5) is 22.4. The number of hydrogen-bond donors (Lipinski definition) is 2. The first kappa shape index (κ1) is 42.2. The van der Waals surface area contributed by atoms with E-state index in [4.69, 9.17) is 26.6 Å². The Kier molecular flexibility index (Phi) is 25.4. The molecule has 0 spiro atoms. The van der Waals surface area contributed by atoms with E-state index in [-0.39, 0.29) is 12.3 Å². The number of rotatable bonds is 22. The molecule has 1 aliphatic rings. The average Bonchev–Trinajstić information content (AvgIpc) is 3.34. The fraction of sp³-hybridized carbons (Fsp3) is 0.677. The number of quaternary nitrogens is 1. The molecule has 1 heterocycles. The first-order chi connectivity index (χ1) is 21.2. The lowest BCUT2D eigenvalue weighted by atomic mass is 10.0. The second kappa shape index (κ2) is 26.4. The van der Waals surface area contributed by atoms with Crippen molar-refractivity contribution in [2.24, 2.45) is 5.92 Å². The molecule has 13 heteroatoms. The zero-order chi connectivity index (χ0) is 33.1.